The second kappa shape index (κ2) is 6.68. The summed E-state index contributed by atoms with van der Waals surface area (Å²) in [7, 11) is 3.22. The molecule has 2 aromatic carbocycles. The van der Waals surface area contributed by atoms with Crippen LogP contribution in [-0.4, -0.2) is 31.7 Å². The van der Waals surface area contributed by atoms with Gasteiger partial charge in [-0.3, -0.25) is 4.79 Å². The van der Waals surface area contributed by atoms with E-state index in [1.54, 1.807) is 14.2 Å². The third-order valence-corrected chi connectivity index (χ3v) is 4.92. The van der Waals surface area contributed by atoms with Gasteiger partial charge in [-0.1, -0.05) is 6.07 Å². The van der Waals surface area contributed by atoms with Gasteiger partial charge in [0, 0.05) is 10.9 Å². The highest BCUT2D eigenvalue weighted by Crippen LogP contribution is 2.40. The molecule has 132 valence electrons. The van der Waals surface area contributed by atoms with Crippen molar-refractivity contribution in [1.29, 1.82) is 0 Å². The van der Waals surface area contributed by atoms with Crippen molar-refractivity contribution in [2.24, 2.45) is 0 Å². The van der Waals surface area contributed by atoms with Crippen molar-refractivity contribution in [2.75, 3.05) is 26.1 Å². The third-order valence-electron chi connectivity index (χ3n) is 4.05. The van der Waals surface area contributed by atoms with Gasteiger partial charge in [0.15, 0.2) is 18.1 Å². The SMILES string of the molecule is COc1cccc(-c2nc(-c3ccc4c(c3)NC(=O)CO4)cs2)c1OC. The fraction of sp³-hybridized carbons (Fsp3) is 0.158. The summed E-state index contributed by atoms with van der Waals surface area (Å²) in [5.74, 6) is 1.82. The molecule has 1 N–H and O–H groups in total. The smallest absolute Gasteiger partial charge is 0.262 e. The maximum atomic E-state index is 11.5. The Hall–Kier alpha value is -3.06. The molecule has 0 saturated carbocycles. The van der Waals surface area contributed by atoms with Crippen LogP contribution in [0.2, 0.25) is 0 Å². The molecular weight excluding hydrogens is 352 g/mol. The molecule has 0 bridgehead atoms. The summed E-state index contributed by atoms with van der Waals surface area (Å²) >= 11 is 1.52. The minimum Gasteiger partial charge on any atom is -0.493 e. The van der Waals surface area contributed by atoms with E-state index in [0.29, 0.717) is 22.9 Å². The number of carbonyl (C=O) groups is 1. The van der Waals surface area contributed by atoms with Gasteiger partial charge in [-0.05, 0) is 30.3 Å². The van der Waals surface area contributed by atoms with Crippen molar-refractivity contribution in [3.63, 3.8) is 0 Å². The Morgan fingerprint density at radius 2 is 2.08 bits per heavy atom. The third kappa shape index (κ3) is 2.86. The number of fused-ring (bicyclic) bond motifs is 1. The van der Waals surface area contributed by atoms with Gasteiger partial charge in [0.05, 0.1) is 31.2 Å². The lowest BCUT2D eigenvalue weighted by molar-refractivity contribution is -0.118. The number of para-hydroxylation sites is 1. The molecule has 7 heteroatoms. The number of amides is 1. The lowest BCUT2D eigenvalue weighted by atomic mass is 10.1. The highest BCUT2D eigenvalue weighted by atomic mass is 32.1. The quantitative estimate of drug-likeness (QED) is 0.758. The summed E-state index contributed by atoms with van der Waals surface area (Å²) in [5, 5.41) is 5.62. The van der Waals surface area contributed by atoms with Crippen LogP contribution in [0.25, 0.3) is 21.8 Å². The van der Waals surface area contributed by atoms with E-state index in [9.17, 15) is 4.79 Å². The Bertz CT molecular complexity index is 983. The number of methoxy groups -OCH3 is 2. The zero-order chi connectivity index (χ0) is 18.1. The van der Waals surface area contributed by atoms with Crippen molar-refractivity contribution in [3.8, 4) is 39.1 Å². The van der Waals surface area contributed by atoms with Crippen LogP contribution in [-0.2, 0) is 4.79 Å². The first-order valence-corrected chi connectivity index (χ1v) is 8.81. The van der Waals surface area contributed by atoms with Crippen molar-refractivity contribution in [2.45, 2.75) is 0 Å². The number of rotatable bonds is 4. The van der Waals surface area contributed by atoms with Crippen molar-refractivity contribution in [1.82, 2.24) is 4.98 Å². The molecule has 0 fully saturated rings. The second-order valence-corrected chi connectivity index (χ2v) is 6.48. The highest BCUT2D eigenvalue weighted by molar-refractivity contribution is 7.13. The van der Waals surface area contributed by atoms with Gasteiger partial charge in [-0.25, -0.2) is 4.98 Å². The molecule has 26 heavy (non-hydrogen) atoms. The normalized spacial score (nSPS) is 12.8. The Labute approximate surface area is 154 Å². The molecule has 1 aliphatic heterocycles. The number of thiazole rings is 1. The Morgan fingerprint density at radius 1 is 1.19 bits per heavy atom. The van der Waals surface area contributed by atoms with E-state index >= 15 is 0 Å². The van der Waals surface area contributed by atoms with Crippen LogP contribution in [0.3, 0.4) is 0 Å². The molecule has 0 saturated heterocycles. The summed E-state index contributed by atoms with van der Waals surface area (Å²) in [6.07, 6.45) is 0. The highest BCUT2D eigenvalue weighted by Gasteiger charge is 2.18. The second-order valence-electron chi connectivity index (χ2n) is 5.63. The fourth-order valence-electron chi connectivity index (χ4n) is 2.83. The Morgan fingerprint density at radius 3 is 2.88 bits per heavy atom. The molecule has 0 spiro atoms. The summed E-state index contributed by atoms with van der Waals surface area (Å²) in [4.78, 5) is 16.3. The average Bonchev–Trinajstić information content (AvgIpc) is 3.16. The number of hydrogen-bond acceptors (Lipinski definition) is 6. The van der Waals surface area contributed by atoms with Gasteiger partial charge >= 0.3 is 0 Å². The molecule has 0 atom stereocenters. The molecule has 0 radical (unpaired) electrons. The van der Waals surface area contributed by atoms with Crippen LogP contribution < -0.4 is 19.5 Å². The average molecular weight is 368 g/mol. The first-order chi connectivity index (χ1) is 12.7. The molecule has 6 nitrogen and oxygen atoms in total. The van der Waals surface area contributed by atoms with Gasteiger partial charge < -0.3 is 19.5 Å². The molecule has 1 aromatic heterocycles. The van der Waals surface area contributed by atoms with Crippen molar-refractivity contribution < 1.29 is 19.0 Å². The molecule has 3 aromatic rings. The topological polar surface area (TPSA) is 69.7 Å². The number of ether oxygens (including phenoxy) is 3. The largest absolute Gasteiger partial charge is 0.493 e. The van der Waals surface area contributed by atoms with E-state index < -0.39 is 0 Å². The zero-order valence-corrected chi connectivity index (χ0v) is 15.1. The maximum Gasteiger partial charge on any atom is 0.262 e. The van der Waals surface area contributed by atoms with E-state index in [-0.39, 0.29) is 12.5 Å². The minimum absolute atomic E-state index is 0.0445. The summed E-state index contributed by atoms with van der Waals surface area (Å²) in [6.45, 7) is 0.0445. The predicted octanol–water partition coefficient (Wildman–Crippen LogP) is 3.83. The van der Waals surface area contributed by atoms with Gasteiger partial charge in [0.25, 0.3) is 5.91 Å². The van der Waals surface area contributed by atoms with Crippen LogP contribution in [0.1, 0.15) is 0 Å². The van der Waals surface area contributed by atoms with E-state index in [1.165, 1.54) is 11.3 Å². The molecule has 2 heterocycles. The van der Waals surface area contributed by atoms with Crippen LogP contribution in [0.4, 0.5) is 5.69 Å². The van der Waals surface area contributed by atoms with E-state index in [0.717, 1.165) is 21.8 Å². The maximum absolute atomic E-state index is 11.5. The molecule has 0 unspecified atom stereocenters. The number of hydrogen-bond donors (Lipinski definition) is 1. The molecule has 1 aliphatic rings. The molecule has 4 rings (SSSR count). The standard InChI is InChI=1S/C19H16N2O4S/c1-23-16-5-3-4-12(18(16)24-2)19-21-14(10-26-19)11-6-7-15-13(8-11)20-17(22)9-25-15/h3-8,10H,9H2,1-2H3,(H,20,22). The first kappa shape index (κ1) is 16.4. The number of anilines is 1. The van der Waals surface area contributed by atoms with Crippen LogP contribution in [0.15, 0.2) is 41.8 Å². The number of nitrogens with one attached hydrogen (secondary N) is 1. The first-order valence-electron chi connectivity index (χ1n) is 7.93. The number of benzene rings is 2. The summed E-state index contributed by atoms with van der Waals surface area (Å²) in [6, 6.07) is 11.3. The van der Waals surface area contributed by atoms with E-state index in [1.807, 2.05) is 41.8 Å². The summed E-state index contributed by atoms with van der Waals surface area (Å²) in [5.41, 5.74) is 3.25. The van der Waals surface area contributed by atoms with Gasteiger partial charge in [-0.15, -0.1) is 11.3 Å². The number of carbonyl (C=O) groups excluding carboxylic acids is 1. The van der Waals surface area contributed by atoms with Gasteiger partial charge in [-0.2, -0.15) is 0 Å². The van der Waals surface area contributed by atoms with E-state index in [4.69, 9.17) is 19.2 Å². The molecule has 0 aliphatic carbocycles. The van der Waals surface area contributed by atoms with Crippen molar-refractivity contribution in [3.05, 3.63) is 41.8 Å². The lowest BCUT2D eigenvalue weighted by Crippen LogP contribution is -2.25. The molecular formula is C19H16N2O4S. The van der Waals surface area contributed by atoms with E-state index in [2.05, 4.69) is 5.32 Å². The predicted molar refractivity (Wildman–Crippen MR) is 100 cm³/mol. The van der Waals surface area contributed by atoms with Crippen LogP contribution >= 0.6 is 11.3 Å². The van der Waals surface area contributed by atoms with Gasteiger partial charge in [0.2, 0.25) is 0 Å². The monoisotopic (exact) mass is 368 g/mol. The lowest BCUT2D eigenvalue weighted by Gasteiger charge is -2.18. The van der Waals surface area contributed by atoms with Crippen LogP contribution in [0, 0.1) is 0 Å². The Balaban J connectivity index is 1.71. The Kier molecular flexibility index (Phi) is 4.22. The van der Waals surface area contributed by atoms with Crippen molar-refractivity contribution >= 4 is 22.9 Å². The minimum atomic E-state index is -0.158. The van der Waals surface area contributed by atoms with Gasteiger partial charge in [0.1, 0.15) is 10.8 Å². The zero-order valence-electron chi connectivity index (χ0n) is 14.2. The fourth-order valence-corrected chi connectivity index (χ4v) is 3.68. The summed E-state index contributed by atoms with van der Waals surface area (Å²) < 4.78 is 16.3. The number of nitrogens with zero attached hydrogens (tertiary/aromatic N) is 1. The number of aromatic nitrogens is 1. The molecule has 1 amide bonds. The van der Waals surface area contributed by atoms with Crippen LogP contribution in [0.5, 0.6) is 17.2 Å².